The molecule has 21 heavy (non-hydrogen) atoms. The van der Waals surface area contributed by atoms with Crippen molar-refractivity contribution in [1.29, 1.82) is 0 Å². The molecule has 0 amide bonds. The summed E-state index contributed by atoms with van der Waals surface area (Å²) < 4.78 is 34.0. The average molecular weight is 327 g/mol. The summed E-state index contributed by atoms with van der Waals surface area (Å²) in [6, 6.07) is 8.31. The normalized spacial score (nSPS) is 16.3. The van der Waals surface area contributed by atoms with Crippen LogP contribution in [-0.2, 0) is 15.5 Å². The zero-order valence-corrected chi connectivity index (χ0v) is 16.4. The average Bonchev–Trinajstić information content (AvgIpc) is 2.59. The molecule has 104 valence electrons. The fourth-order valence-corrected chi connectivity index (χ4v) is 3.35. The van der Waals surface area contributed by atoms with Gasteiger partial charge in [-0.05, 0) is 18.6 Å². The summed E-state index contributed by atoms with van der Waals surface area (Å²) >= 11 is 0. The molecular formula is C15H14KNO3S. The molecule has 0 aromatic heterocycles. The van der Waals surface area contributed by atoms with E-state index in [2.05, 4.69) is 18.8 Å². The fraction of sp³-hybridized carbons (Fsp3) is 0.267. The molecule has 0 bridgehead atoms. The van der Waals surface area contributed by atoms with E-state index < -0.39 is 10.1 Å². The smallest absolute Gasteiger partial charge is 0.744 e. The first-order chi connectivity index (χ1) is 9.23. The SMILES string of the molecule is CC1=Nc2c(ccc3c(S(=O)(=O)[O-])cccc23)C1(C)C.[K+]. The van der Waals surface area contributed by atoms with Crippen molar-refractivity contribution in [2.45, 2.75) is 31.1 Å². The summed E-state index contributed by atoms with van der Waals surface area (Å²) in [7, 11) is -4.49. The Bertz CT molecular complexity index is 870. The number of nitrogens with zero attached hydrogens (tertiary/aromatic N) is 1. The number of hydrogen-bond donors (Lipinski definition) is 0. The molecule has 0 saturated heterocycles. The van der Waals surface area contributed by atoms with Crippen LogP contribution in [0.3, 0.4) is 0 Å². The Morgan fingerprint density at radius 3 is 2.38 bits per heavy atom. The van der Waals surface area contributed by atoms with Gasteiger partial charge in [0.25, 0.3) is 0 Å². The molecule has 3 rings (SSSR count). The third-order valence-corrected chi connectivity index (χ3v) is 5.01. The van der Waals surface area contributed by atoms with Gasteiger partial charge in [0.2, 0.25) is 0 Å². The second kappa shape index (κ2) is 5.52. The van der Waals surface area contributed by atoms with Gasteiger partial charge in [0.1, 0.15) is 10.1 Å². The number of rotatable bonds is 1. The molecule has 1 aliphatic heterocycles. The van der Waals surface area contributed by atoms with E-state index in [9.17, 15) is 13.0 Å². The van der Waals surface area contributed by atoms with E-state index in [0.717, 1.165) is 17.0 Å². The van der Waals surface area contributed by atoms with E-state index in [1.807, 2.05) is 13.0 Å². The molecule has 2 aromatic rings. The third kappa shape index (κ3) is 2.67. The second-order valence-electron chi connectivity index (χ2n) is 5.59. The maximum Gasteiger partial charge on any atom is 1.00 e. The molecule has 0 radical (unpaired) electrons. The molecule has 0 N–H and O–H groups in total. The van der Waals surface area contributed by atoms with Gasteiger partial charge in [-0.2, -0.15) is 0 Å². The molecule has 0 unspecified atom stereocenters. The van der Waals surface area contributed by atoms with Crippen molar-refractivity contribution >= 4 is 32.3 Å². The number of aliphatic imine (C=N–C) groups is 1. The van der Waals surface area contributed by atoms with Gasteiger partial charge in [-0.25, -0.2) is 8.42 Å². The minimum absolute atomic E-state index is 0. The Balaban J connectivity index is 0.00000161. The predicted octanol–water partition coefficient (Wildman–Crippen LogP) is 0.131. The van der Waals surface area contributed by atoms with Crippen molar-refractivity contribution in [3.63, 3.8) is 0 Å². The van der Waals surface area contributed by atoms with Gasteiger partial charge in [0.15, 0.2) is 0 Å². The third-order valence-electron chi connectivity index (χ3n) is 4.12. The fourth-order valence-electron chi connectivity index (χ4n) is 2.66. The van der Waals surface area contributed by atoms with Crippen LogP contribution in [0.5, 0.6) is 0 Å². The zero-order chi connectivity index (χ0) is 14.7. The van der Waals surface area contributed by atoms with Crippen LogP contribution in [0.25, 0.3) is 10.8 Å². The Labute approximate surface area is 166 Å². The summed E-state index contributed by atoms with van der Waals surface area (Å²) in [4.78, 5) is 4.39. The maximum atomic E-state index is 11.3. The Kier molecular flexibility index (Phi) is 4.54. The van der Waals surface area contributed by atoms with Crippen LogP contribution in [0.4, 0.5) is 5.69 Å². The maximum absolute atomic E-state index is 11.3. The molecule has 0 spiro atoms. The minimum atomic E-state index is -4.49. The molecule has 0 fully saturated rings. The van der Waals surface area contributed by atoms with Crippen molar-refractivity contribution in [2.24, 2.45) is 4.99 Å². The summed E-state index contributed by atoms with van der Waals surface area (Å²) in [5.74, 6) is 0. The van der Waals surface area contributed by atoms with E-state index in [-0.39, 0.29) is 61.7 Å². The van der Waals surface area contributed by atoms with Crippen molar-refractivity contribution in [3.05, 3.63) is 35.9 Å². The Morgan fingerprint density at radius 1 is 1.10 bits per heavy atom. The van der Waals surface area contributed by atoms with Crippen molar-refractivity contribution in [3.8, 4) is 0 Å². The van der Waals surface area contributed by atoms with E-state index in [1.54, 1.807) is 18.2 Å². The van der Waals surface area contributed by atoms with Gasteiger partial charge >= 0.3 is 51.4 Å². The Hall–Kier alpha value is -0.0836. The van der Waals surface area contributed by atoms with Gasteiger partial charge in [-0.3, -0.25) is 4.99 Å². The quantitative estimate of drug-likeness (QED) is 0.552. The topological polar surface area (TPSA) is 69.6 Å². The van der Waals surface area contributed by atoms with Gasteiger partial charge in [0.05, 0.1) is 10.6 Å². The predicted molar refractivity (Wildman–Crippen MR) is 77.7 cm³/mol. The second-order valence-corrected chi connectivity index (χ2v) is 6.94. The van der Waals surface area contributed by atoms with Crippen LogP contribution in [0.2, 0.25) is 0 Å². The molecule has 2 aromatic carbocycles. The largest absolute Gasteiger partial charge is 1.00 e. The van der Waals surface area contributed by atoms with Crippen molar-refractivity contribution in [2.75, 3.05) is 0 Å². The van der Waals surface area contributed by atoms with Gasteiger partial charge in [-0.15, -0.1) is 0 Å². The van der Waals surface area contributed by atoms with Crippen LogP contribution >= 0.6 is 0 Å². The number of hydrogen-bond acceptors (Lipinski definition) is 4. The number of benzene rings is 2. The summed E-state index contributed by atoms with van der Waals surface area (Å²) in [5, 5.41) is 1.15. The van der Waals surface area contributed by atoms with Gasteiger partial charge in [0, 0.05) is 21.9 Å². The van der Waals surface area contributed by atoms with Crippen molar-refractivity contribution in [1.82, 2.24) is 0 Å². The Morgan fingerprint density at radius 2 is 1.76 bits per heavy atom. The molecule has 1 aliphatic rings. The van der Waals surface area contributed by atoms with E-state index in [0.29, 0.717) is 10.8 Å². The van der Waals surface area contributed by atoms with Crippen LogP contribution in [0.15, 0.2) is 40.2 Å². The van der Waals surface area contributed by atoms with Gasteiger partial charge < -0.3 is 4.55 Å². The summed E-state index contributed by atoms with van der Waals surface area (Å²) in [5.41, 5.74) is 2.64. The van der Waals surface area contributed by atoms with E-state index in [1.165, 1.54) is 6.07 Å². The van der Waals surface area contributed by atoms with Gasteiger partial charge in [-0.1, -0.05) is 38.1 Å². The van der Waals surface area contributed by atoms with Crippen LogP contribution in [-0.4, -0.2) is 18.7 Å². The molecule has 0 saturated carbocycles. The zero-order valence-electron chi connectivity index (χ0n) is 12.5. The standard InChI is InChI=1S/C15H15NO3S.K/c1-9-15(2,3)12-8-7-10-11(14(12)16-9)5-4-6-13(10)20(17,18)19;/h4-8H,1-3H3,(H,17,18,19);/q;+1/p-1. The van der Waals surface area contributed by atoms with Crippen LogP contribution in [0.1, 0.15) is 26.3 Å². The molecule has 6 heteroatoms. The molecule has 4 nitrogen and oxygen atoms in total. The minimum Gasteiger partial charge on any atom is -0.744 e. The molecule has 1 heterocycles. The van der Waals surface area contributed by atoms with Crippen LogP contribution < -0.4 is 51.4 Å². The molecular weight excluding hydrogens is 313 g/mol. The number of fused-ring (bicyclic) bond motifs is 3. The van der Waals surface area contributed by atoms with E-state index >= 15 is 0 Å². The first-order valence-corrected chi connectivity index (χ1v) is 7.71. The van der Waals surface area contributed by atoms with Crippen LogP contribution in [0, 0.1) is 0 Å². The van der Waals surface area contributed by atoms with Crippen molar-refractivity contribution < 1.29 is 64.4 Å². The first-order valence-electron chi connectivity index (χ1n) is 6.31. The molecule has 0 atom stereocenters. The summed E-state index contributed by atoms with van der Waals surface area (Å²) in [6.07, 6.45) is 0. The van der Waals surface area contributed by atoms with E-state index in [4.69, 9.17) is 0 Å². The molecule has 0 aliphatic carbocycles. The summed E-state index contributed by atoms with van der Waals surface area (Å²) in [6.45, 7) is 6.12. The first kappa shape index (κ1) is 17.3. The monoisotopic (exact) mass is 327 g/mol.